The highest BCUT2D eigenvalue weighted by Crippen LogP contribution is 2.16. The number of amides is 1. The number of hydrogen-bond donors (Lipinski definition) is 0. The number of likely N-dealkylation sites (N-methyl/N-ethyl adjacent to an activating group) is 1. The van der Waals surface area contributed by atoms with Crippen molar-refractivity contribution >= 4 is 17.7 Å². The number of furan rings is 1. The number of aromatic nitrogens is 4. The predicted molar refractivity (Wildman–Crippen MR) is 83.4 cm³/mol. The zero-order valence-corrected chi connectivity index (χ0v) is 13.5. The van der Waals surface area contributed by atoms with Gasteiger partial charge in [-0.3, -0.25) is 4.79 Å². The number of hydrogen-bond acceptors (Lipinski definition) is 6. The fourth-order valence-corrected chi connectivity index (χ4v) is 2.65. The monoisotopic (exact) mass is 321 g/mol. The summed E-state index contributed by atoms with van der Waals surface area (Å²) in [7, 11) is 0. The maximum Gasteiger partial charge on any atom is 0.233 e. The highest BCUT2D eigenvalue weighted by atomic mass is 32.2. The molecular weight excluding hydrogens is 302 g/mol. The predicted octanol–water partition coefficient (Wildman–Crippen LogP) is 1.83. The van der Waals surface area contributed by atoms with Gasteiger partial charge in [-0.05, 0) is 36.4 Å². The van der Waals surface area contributed by atoms with Crippen LogP contribution in [0.4, 0.5) is 0 Å². The summed E-state index contributed by atoms with van der Waals surface area (Å²) in [5.74, 6) is 1.10. The van der Waals surface area contributed by atoms with E-state index in [9.17, 15) is 4.79 Å². The van der Waals surface area contributed by atoms with Crippen molar-refractivity contribution in [1.82, 2.24) is 25.1 Å². The lowest BCUT2D eigenvalue weighted by Gasteiger charge is -2.20. The molecule has 8 heteroatoms. The van der Waals surface area contributed by atoms with Crippen molar-refractivity contribution in [2.24, 2.45) is 0 Å². The third-order valence-electron chi connectivity index (χ3n) is 2.90. The largest absolute Gasteiger partial charge is 0.467 e. The second kappa shape index (κ2) is 7.79. The minimum Gasteiger partial charge on any atom is -0.467 e. The number of carbonyl (C=O) groups is 1. The summed E-state index contributed by atoms with van der Waals surface area (Å²) in [5.41, 5.74) is 0.961. The Bertz CT molecular complexity index is 623. The number of rotatable bonds is 8. The second-order valence-corrected chi connectivity index (χ2v) is 5.79. The smallest absolute Gasteiger partial charge is 0.233 e. The van der Waals surface area contributed by atoms with Crippen LogP contribution in [-0.4, -0.2) is 49.9 Å². The SMILES string of the molecule is C=C(C)CN(CC)C(=O)CSc1nnnn1Cc1ccco1. The molecule has 2 aromatic rings. The fraction of sp³-hybridized carbons (Fsp3) is 0.429. The Balaban J connectivity index is 1.93. The molecule has 2 heterocycles. The molecule has 2 rings (SSSR count). The Morgan fingerprint density at radius 2 is 2.36 bits per heavy atom. The zero-order chi connectivity index (χ0) is 15.9. The van der Waals surface area contributed by atoms with E-state index in [1.165, 1.54) is 11.8 Å². The van der Waals surface area contributed by atoms with E-state index < -0.39 is 0 Å². The van der Waals surface area contributed by atoms with Crippen molar-refractivity contribution < 1.29 is 9.21 Å². The van der Waals surface area contributed by atoms with Gasteiger partial charge in [0.1, 0.15) is 12.3 Å². The molecule has 0 radical (unpaired) electrons. The molecule has 0 saturated carbocycles. The van der Waals surface area contributed by atoms with E-state index in [-0.39, 0.29) is 5.91 Å². The lowest BCUT2D eigenvalue weighted by molar-refractivity contribution is -0.127. The first-order chi connectivity index (χ1) is 10.6. The molecule has 2 aromatic heterocycles. The van der Waals surface area contributed by atoms with Crippen LogP contribution in [0.1, 0.15) is 19.6 Å². The highest BCUT2D eigenvalue weighted by Gasteiger charge is 2.15. The van der Waals surface area contributed by atoms with Gasteiger partial charge < -0.3 is 9.32 Å². The van der Waals surface area contributed by atoms with Crippen LogP contribution in [0.3, 0.4) is 0 Å². The minimum absolute atomic E-state index is 0.0445. The van der Waals surface area contributed by atoms with Crippen molar-refractivity contribution in [2.75, 3.05) is 18.8 Å². The highest BCUT2D eigenvalue weighted by molar-refractivity contribution is 7.99. The number of carbonyl (C=O) groups excluding carboxylic acids is 1. The van der Waals surface area contributed by atoms with Crippen LogP contribution >= 0.6 is 11.8 Å². The van der Waals surface area contributed by atoms with Crippen LogP contribution < -0.4 is 0 Å². The maximum atomic E-state index is 12.2. The molecule has 0 atom stereocenters. The first-order valence-corrected chi connectivity index (χ1v) is 7.92. The van der Waals surface area contributed by atoms with Crippen molar-refractivity contribution in [3.8, 4) is 0 Å². The van der Waals surface area contributed by atoms with E-state index in [0.29, 0.717) is 30.5 Å². The standard InChI is InChI=1S/C14H19N5O2S/c1-4-18(8-11(2)3)13(20)10-22-14-15-16-17-19(14)9-12-6-5-7-21-12/h5-7H,2,4,8-10H2,1,3H3. The van der Waals surface area contributed by atoms with E-state index in [1.807, 2.05) is 26.0 Å². The molecule has 0 aliphatic rings. The van der Waals surface area contributed by atoms with E-state index in [4.69, 9.17) is 4.42 Å². The van der Waals surface area contributed by atoms with E-state index in [1.54, 1.807) is 15.8 Å². The van der Waals surface area contributed by atoms with Crippen LogP contribution in [0.25, 0.3) is 0 Å². The fourth-order valence-electron chi connectivity index (χ4n) is 1.87. The lowest BCUT2D eigenvalue weighted by Crippen LogP contribution is -2.33. The van der Waals surface area contributed by atoms with Gasteiger partial charge in [-0.15, -0.1) is 5.10 Å². The molecule has 0 N–H and O–H groups in total. The second-order valence-electron chi connectivity index (χ2n) is 4.85. The molecule has 0 aliphatic heterocycles. The van der Waals surface area contributed by atoms with E-state index in [2.05, 4.69) is 22.1 Å². The van der Waals surface area contributed by atoms with Crippen molar-refractivity contribution in [3.05, 3.63) is 36.3 Å². The van der Waals surface area contributed by atoms with Gasteiger partial charge in [0.2, 0.25) is 11.1 Å². The molecule has 1 amide bonds. The first kappa shape index (κ1) is 16.3. The normalized spacial score (nSPS) is 10.6. The van der Waals surface area contributed by atoms with Crippen LogP contribution in [0.2, 0.25) is 0 Å². The van der Waals surface area contributed by atoms with Crippen molar-refractivity contribution in [1.29, 1.82) is 0 Å². The zero-order valence-electron chi connectivity index (χ0n) is 12.7. The Kier molecular flexibility index (Phi) is 5.76. The molecule has 0 unspecified atom stereocenters. The molecule has 0 aliphatic carbocycles. The third kappa shape index (κ3) is 4.45. The van der Waals surface area contributed by atoms with Crippen LogP contribution in [-0.2, 0) is 11.3 Å². The minimum atomic E-state index is 0.0445. The summed E-state index contributed by atoms with van der Waals surface area (Å²) in [4.78, 5) is 14.0. The molecule has 0 fully saturated rings. The van der Waals surface area contributed by atoms with Gasteiger partial charge >= 0.3 is 0 Å². The first-order valence-electron chi connectivity index (χ1n) is 6.93. The number of nitrogens with zero attached hydrogens (tertiary/aromatic N) is 5. The quantitative estimate of drug-likeness (QED) is 0.545. The van der Waals surface area contributed by atoms with E-state index >= 15 is 0 Å². The molecule has 0 aromatic carbocycles. The van der Waals surface area contributed by atoms with Crippen molar-refractivity contribution in [2.45, 2.75) is 25.5 Å². The lowest BCUT2D eigenvalue weighted by atomic mass is 10.3. The van der Waals surface area contributed by atoms with Gasteiger partial charge in [0, 0.05) is 13.1 Å². The Morgan fingerprint density at radius 3 is 3.00 bits per heavy atom. The van der Waals surface area contributed by atoms with Gasteiger partial charge in [0.15, 0.2) is 0 Å². The summed E-state index contributed by atoms with van der Waals surface area (Å²) in [6.45, 7) is 9.38. The molecular formula is C14H19N5O2S. The average molecular weight is 321 g/mol. The summed E-state index contributed by atoms with van der Waals surface area (Å²) in [5, 5.41) is 12.1. The Labute approximate surface area is 133 Å². The molecule has 0 saturated heterocycles. The molecule has 0 bridgehead atoms. The molecule has 22 heavy (non-hydrogen) atoms. The number of tetrazole rings is 1. The Morgan fingerprint density at radius 1 is 1.55 bits per heavy atom. The Hall–Kier alpha value is -2.09. The summed E-state index contributed by atoms with van der Waals surface area (Å²) < 4.78 is 6.89. The molecule has 0 spiro atoms. The van der Waals surface area contributed by atoms with E-state index in [0.717, 1.165) is 11.3 Å². The molecule has 118 valence electrons. The van der Waals surface area contributed by atoms with Crippen LogP contribution in [0.15, 0.2) is 40.1 Å². The van der Waals surface area contributed by atoms with Gasteiger partial charge in [0.05, 0.1) is 12.0 Å². The summed E-state index contributed by atoms with van der Waals surface area (Å²) >= 11 is 1.32. The van der Waals surface area contributed by atoms with Gasteiger partial charge in [-0.1, -0.05) is 23.9 Å². The van der Waals surface area contributed by atoms with Gasteiger partial charge in [0.25, 0.3) is 0 Å². The van der Waals surface area contributed by atoms with Crippen LogP contribution in [0, 0.1) is 0 Å². The summed E-state index contributed by atoms with van der Waals surface area (Å²) in [6, 6.07) is 3.67. The topological polar surface area (TPSA) is 77.1 Å². The van der Waals surface area contributed by atoms with Crippen LogP contribution in [0.5, 0.6) is 0 Å². The van der Waals surface area contributed by atoms with Gasteiger partial charge in [-0.2, -0.15) is 0 Å². The third-order valence-corrected chi connectivity index (χ3v) is 3.85. The maximum absolute atomic E-state index is 12.2. The van der Waals surface area contributed by atoms with Gasteiger partial charge in [-0.25, -0.2) is 4.68 Å². The molecule has 7 nitrogen and oxygen atoms in total. The summed E-state index contributed by atoms with van der Waals surface area (Å²) in [6.07, 6.45) is 1.60. The number of thioether (sulfide) groups is 1. The van der Waals surface area contributed by atoms with Crippen molar-refractivity contribution in [3.63, 3.8) is 0 Å². The average Bonchev–Trinajstić information content (AvgIpc) is 3.14.